The maximum Gasteiger partial charge on any atom is 0.311 e. The van der Waals surface area contributed by atoms with E-state index in [1.54, 1.807) is 36.6 Å². The summed E-state index contributed by atoms with van der Waals surface area (Å²) in [5, 5.41) is 0.611. The highest BCUT2D eigenvalue weighted by atomic mass is 35.5. The molecule has 3 nitrogen and oxygen atoms in total. The molecule has 88 valence electrons. The largest absolute Gasteiger partial charge is 0.469 e. The lowest BCUT2D eigenvalue weighted by Gasteiger charge is -2.03. The van der Waals surface area contributed by atoms with E-state index in [1.807, 2.05) is 6.07 Å². The molecule has 0 unspecified atom stereocenters. The van der Waals surface area contributed by atoms with Crippen LogP contribution in [0, 0.1) is 0 Å². The van der Waals surface area contributed by atoms with Gasteiger partial charge in [-0.25, -0.2) is 0 Å². The van der Waals surface area contributed by atoms with Crippen LogP contribution in [-0.4, -0.2) is 5.97 Å². The standard InChI is InChI=1S/C13H11ClO3/c14-10-3-5-12(6-4-10)17-13(15)8-7-11-2-1-9-16-11/h1-6,9H,7-8H2. The van der Waals surface area contributed by atoms with Gasteiger partial charge in [-0.15, -0.1) is 0 Å². The van der Waals surface area contributed by atoms with Gasteiger partial charge >= 0.3 is 5.97 Å². The van der Waals surface area contributed by atoms with E-state index in [2.05, 4.69) is 0 Å². The van der Waals surface area contributed by atoms with Crippen LogP contribution in [0.3, 0.4) is 0 Å². The maximum absolute atomic E-state index is 11.5. The molecule has 0 spiro atoms. The Labute approximate surface area is 104 Å². The van der Waals surface area contributed by atoms with Crippen molar-refractivity contribution in [2.24, 2.45) is 0 Å². The zero-order chi connectivity index (χ0) is 12.1. The Morgan fingerprint density at radius 1 is 1.24 bits per heavy atom. The van der Waals surface area contributed by atoms with Crippen LogP contribution >= 0.6 is 11.6 Å². The zero-order valence-corrected chi connectivity index (χ0v) is 9.81. The van der Waals surface area contributed by atoms with Gasteiger partial charge in [0, 0.05) is 11.4 Å². The number of carbonyl (C=O) groups is 1. The first-order valence-electron chi connectivity index (χ1n) is 5.22. The van der Waals surface area contributed by atoms with Gasteiger partial charge in [0.05, 0.1) is 12.7 Å². The van der Waals surface area contributed by atoms with Crippen molar-refractivity contribution in [1.82, 2.24) is 0 Å². The van der Waals surface area contributed by atoms with Gasteiger partial charge in [0.1, 0.15) is 11.5 Å². The van der Waals surface area contributed by atoms with Crippen molar-refractivity contribution in [3.05, 3.63) is 53.4 Å². The Morgan fingerprint density at radius 2 is 2.00 bits per heavy atom. The third-order valence-electron chi connectivity index (χ3n) is 2.20. The van der Waals surface area contributed by atoms with E-state index in [0.717, 1.165) is 5.76 Å². The molecule has 0 aliphatic heterocycles. The minimum Gasteiger partial charge on any atom is -0.469 e. The fourth-order valence-electron chi connectivity index (χ4n) is 1.37. The molecule has 0 radical (unpaired) electrons. The molecule has 0 N–H and O–H groups in total. The normalized spacial score (nSPS) is 10.2. The summed E-state index contributed by atoms with van der Waals surface area (Å²) >= 11 is 5.72. The summed E-state index contributed by atoms with van der Waals surface area (Å²) in [6.45, 7) is 0. The molecule has 1 aromatic carbocycles. The molecule has 0 atom stereocenters. The topological polar surface area (TPSA) is 39.4 Å². The molecule has 17 heavy (non-hydrogen) atoms. The molecule has 0 bridgehead atoms. The minimum absolute atomic E-state index is 0.288. The summed E-state index contributed by atoms with van der Waals surface area (Å²) in [7, 11) is 0. The lowest BCUT2D eigenvalue weighted by atomic mass is 10.2. The Morgan fingerprint density at radius 3 is 2.65 bits per heavy atom. The second kappa shape index (κ2) is 5.55. The minimum atomic E-state index is -0.288. The maximum atomic E-state index is 11.5. The molecule has 0 aliphatic rings. The smallest absolute Gasteiger partial charge is 0.311 e. The van der Waals surface area contributed by atoms with Crippen LogP contribution in [0.1, 0.15) is 12.2 Å². The van der Waals surface area contributed by atoms with Crippen molar-refractivity contribution < 1.29 is 13.9 Å². The molecule has 0 aliphatic carbocycles. The van der Waals surface area contributed by atoms with E-state index in [9.17, 15) is 4.79 Å². The quantitative estimate of drug-likeness (QED) is 0.616. The van der Waals surface area contributed by atoms with Gasteiger partial charge in [0.15, 0.2) is 0 Å². The van der Waals surface area contributed by atoms with Crippen molar-refractivity contribution in [3.8, 4) is 5.75 Å². The third kappa shape index (κ3) is 3.64. The number of carbonyl (C=O) groups excluding carboxylic acids is 1. The van der Waals surface area contributed by atoms with E-state index in [0.29, 0.717) is 17.2 Å². The predicted octanol–water partition coefficient (Wildman–Crippen LogP) is 3.47. The number of esters is 1. The van der Waals surface area contributed by atoms with Crippen LogP contribution in [0.25, 0.3) is 0 Å². The predicted molar refractivity (Wildman–Crippen MR) is 64.1 cm³/mol. The van der Waals surface area contributed by atoms with Gasteiger partial charge < -0.3 is 9.15 Å². The lowest BCUT2D eigenvalue weighted by molar-refractivity contribution is -0.134. The fraction of sp³-hybridized carbons (Fsp3) is 0.154. The van der Waals surface area contributed by atoms with Gasteiger partial charge in [0.2, 0.25) is 0 Å². The summed E-state index contributed by atoms with van der Waals surface area (Å²) in [6, 6.07) is 10.3. The van der Waals surface area contributed by atoms with Gasteiger partial charge in [-0.1, -0.05) is 11.6 Å². The molecular weight excluding hydrogens is 240 g/mol. The van der Waals surface area contributed by atoms with Gasteiger partial charge in [0.25, 0.3) is 0 Å². The average Bonchev–Trinajstić information content (AvgIpc) is 2.83. The fourth-order valence-corrected chi connectivity index (χ4v) is 1.49. The Kier molecular flexibility index (Phi) is 3.83. The number of aryl methyl sites for hydroxylation is 1. The summed E-state index contributed by atoms with van der Waals surface area (Å²) in [5.41, 5.74) is 0. The molecule has 0 saturated heterocycles. The van der Waals surface area contributed by atoms with Gasteiger partial charge in [-0.3, -0.25) is 4.79 Å². The molecule has 0 fully saturated rings. The monoisotopic (exact) mass is 250 g/mol. The zero-order valence-electron chi connectivity index (χ0n) is 9.06. The third-order valence-corrected chi connectivity index (χ3v) is 2.45. The average molecular weight is 251 g/mol. The van der Waals surface area contributed by atoms with Crippen LogP contribution < -0.4 is 4.74 Å². The number of halogens is 1. The summed E-state index contributed by atoms with van der Waals surface area (Å²) in [5.74, 6) is 0.987. The number of hydrogen-bond donors (Lipinski definition) is 0. The summed E-state index contributed by atoms with van der Waals surface area (Å²) < 4.78 is 10.3. The van der Waals surface area contributed by atoms with Crippen LogP contribution in [-0.2, 0) is 11.2 Å². The molecule has 4 heteroatoms. The first-order chi connectivity index (χ1) is 8.24. The van der Waals surface area contributed by atoms with Crippen molar-refractivity contribution in [3.63, 3.8) is 0 Å². The number of furan rings is 1. The number of hydrogen-bond acceptors (Lipinski definition) is 3. The molecule has 2 rings (SSSR count). The highest BCUT2D eigenvalue weighted by Gasteiger charge is 2.06. The second-order valence-electron chi connectivity index (χ2n) is 3.51. The molecular formula is C13H11ClO3. The van der Waals surface area contributed by atoms with E-state index >= 15 is 0 Å². The Bertz CT molecular complexity index is 474. The Balaban J connectivity index is 1.83. The number of benzene rings is 1. The van der Waals surface area contributed by atoms with E-state index in [4.69, 9.17) is 20.8 Å². The van der Waals surface area contributed by atoms with Crippen LogP contribution in [0.4, 0.5) is 0 Å². The van der Waals surface area contributed by atoms with E-state index in [-0.39, 0.29) is 12.4 Å². The van der Waals surface area contributed by atoms with Crippen molar-refractivity contribution in [2.45, 2.75) is 12.8 Å². The van der Waals surface area contributed by atoms with Crippen LogP contribution in [0.5, 0.6) is 5.75 Å². The highest BCUT2D eigenvalue weighted by Crippen LogP contribution is 2.16. The lowest BCUT2D eigenvalue weighted by Crippen LogP contribution is -2.08. The van der Waals surface area contributed by atoms with E-state index in [1.165, 1.54) is 0 Å². The molecule has 1 aromatic heterocycles. The van der Waals surface area contributed by atoms with Gasteiger partial charge in [-0.2, -0.15) is 0 Å². The van der Waals surface area contributed by atoms with Crippen molar-refractivity contribution >= 4 is 17.6 Å². The number of ether oxygens (including phenoxy) is 1. The van der Waals surface area contributed by atoms with E-state index < -0.39 is 0 Å². The Hall–Kier alpha value is -1.74. The summed E-state index contributed by atoms with van der Waals surface area (Å²) in [6.07, 6.45) is 2.41. The second-order valence-corrected chi connectivity index (χ2v) is 3.94. The van der Waals surface area contributed by atoms with Crippen molar-refractivity contribution in [2.75, 3.05) is 0 Å². The first kappa shape index (κ1) is 11.7. The molecule has 1 heterocycles. The number of rotatable bonds is 4. The molecule has 2 aromatic rings. The SMILES string of the molecule is O=C(CCc1ccco1)Oc1ccc(Cl)cc1. The molecule has 0 amide bonds. The summed E-state index contributed by atoms with van der Waals surface area (Å²) in [4.78, 5) is 11.5. The first-order valence-corrected chi connectivity index (χ1v) is 5.60. The highest BCUT2D eigenvalue weighted by molar-refractivity contribution is 6.30. The van der Waals surface area contributed by atoms with Crippen molar-refractivity contribution in [1.29, 1.82) is 0 Å². The van der Waals surface area contributed by atoms with Crippen LogP contribution in [0.15, 0.2) is 47.1 Å². The molecule has 0 saturated carbocycles. The van der Waals surface area contributed by atoms with Gasteiger partial charge in [-0.05, 0) is 36.4 Å². The van der Waals surface area contributed by atoms with Crippen LogP contribution in [0.2, 0.25) is 5.02 Å².